The Morgan fingerprint density at radius 1 is 0.586 bits per heavy atom. The molecule has 0 radical (unpaired) electrons. The van der Waals surface area contributed by atoms with Gasteiger partial charge in [0.05, 0.1) is 0 Å². The lowest BCUT2D eigenvalue weighted by molar-refractivity contribution is -0.701. The minimum Gasteiger partial charge on any atom is -1.00 e. The molecule has 29 heavy (non-hydrogen) atoms. The molecular weight excluding hydrogens is 492 g/mol. The van der Waals surface area contributed by atoms with E-state index in [0.29, 0.717) is 0 Å². The zero-order valence-electron chi connectivity index (χ0n) is 16.5. The first-order valence-electron chi connectivity index (χ1n) is 9.89. The average Bonchev–Trinajstić information content (AvgIpc) is 2.72. The fraction of sp³-hybridized carbons (Fsp3) is 0.304. The minimum atomic E-state index is 0. The molecule has 0 spiro atoms. The van der Waals surface area contributed by atoms with E-state index in [-0.39, 0.29) is 34.0 Å². The Bertz CT molecular complexity index is 798. The van der Waals surface area contributed by atoms with Gasteiger partial charge in [-0.15, -0.1) is 0 Å². The van der Waals surface area contributed by atoms with Crippen LogP contribution < -0.4 is 53.7 Å². The number of nitrogens with one attached hydrogen (secondary N) is 2. The number of anilines is 2. The Morgan fingerprint density at radius 3 is 1.48 bits per heavy atom. The first kappa shape index (κ1) is 23.4. The standard InChI is InChI=1S/C23H26N4.2BrH/c1-2-11-26-13-7-22(8-14-26)24-18-20-5-4-6-21(17-20)19-25-23-9-15-27(12-3-1)16-10-23;;/h4-10,13-17H,1-3,11-12,18-19H2;2*1H. The van der Waals surface area contributed by atoms with Crippen LogP contribution in [0.5, 0.6) is 0 Å². The van der Waals surface area contributed by atoms with E-state index in [2.05, 4.69) is 93.1 Å². The van der Waals surface area contributed by atoms with Crippen molar-refractivity contribution >= 4 is 11.4 Å². The average molecular weight is 520 g/mol. The Hall–Kier alpha value is -1.92. The largest absolute Gasteiger partial charge is 1.00 e. The van der Waals surface area contributed by atoms with Gasteiger partial charge in [0.15, 0.2) is 24.8 Å². The number of benzene rings is 1. The molecule has 0 fully saturated rings. The van der Waals surface area contributed by atoms with E-state index >= 15 is 0 Å². The van der Waals surface area contributed by atoms with Crippen molar-refractivity contribution < 1.29 is 43.1 Å². The summed E-state index contributed by atoms with van der Waals surface area (Å²) in [4.78, 5) is 0. The van der Waals surface area contributed by atoms with Crippen LogP contribution in [0.4, 0.5) is 11.4 Å². The third-order valence-electron chi connectivity index (χ3n) is 5.10. The van der Waals surface area contributed by atoms with E-state index in [1.54, 1.807) is 0 Å². The summed E-state index contributed by atoms with van der Waals surface area (Å²) >= 11 is 0. The summed E-state index contributed by atoms with van der Waals surface area (Å²) in [5, 5.41) is 7.06. The summed E-state index contributed by atoms with van der Waals surface area (Å²) in [5.74, 6) is 0. The van der Waals surface area contributed by atoms with Crippen LogP contribution in [0.2, 0.25) is 0 Å². The Labute approximate surface area is 194 Å². The molecule has 7 rings (SSSR count). The number of rotatable bonds is 0. The first-order chi connectivity index (χ1) is 13.3. The topological polar surface area (TPSA) is 31.8 Å². The second kappa shape index (κ2) is 11.9. The molecule has 0 unspecified atom stereocenters. The predicted molar refractivity (Wildman–Crippen MR) is 108 cm³/mol. The highest BCUT2D eigenvalue weighted by Crippen LogP contribution is 2.12. The Morgan fingerprint density at radius 2 is 1.03 bits per heavy atom. The van der Waals surface area contributed by atoms with Crippen molar-refractivity contribution in [1.82, 2.24) is 0 Å². The number of nitrogens with zero attached hydrogens (tertiary/aromatic N) is 2. The van der Waals surface area contributed by atoms with Crippen molar-refractivity contribution in [3.63, 3.8) is 0 Å². The lowest BCUT2D eigenvalue weighted by atomic mass is 10.1. The molecule has 0 aliphatic carbocycles. The smallest absolute Gasteiger partial charge is 0.170 e. The van der Waals surface area contributed by atoms with Crippen LogP contribution in [-0.4, -0.2) is 0 Å². The molecule has 6 bridgehead atoms. The van der Waals surface area contributed by atoms with E-state index in [9.17, 15) is 0 Å². The SMILES string of the molecule is [Br-].[Br-].c1cc2cc(c1)CNc1cc[n+](cc1)CCCCC[n+]1ccc(cc1)NC2. The van der Waals surface area contributed by atoms with Crippen LogP contribution in [0.15, 0.2) is 73.3 Å². The first-order valence-corrected chi connectivity index (χ1v) is 9.89. The van der Waals surface area contributed by atoms with Crippen LogP contribution in [0.3, 0.4) is 0 Å². The van der Waals surface area contributed by atoms with Crippen LogP contribution in [0.1, 0.15) is 30.4 Å². The third-order valence-corrected chi connectivity index (χ3v) is 5.10. The van der Waals surface area contributed by atoms with Crippen molar-refractivity contribution in [2.45, 2.75) is 45.4 Å². The number of aryl methyl sites for hydroxylation is 2. The van der Waals surface area contributed by atoms with Crippen LogP contribution in [0, 0.1) is 0 Å². The molecule has 1 aromatic carbocycles. The van der Waals surface area contributed by atoms with Gasteiger partial charge in [-0.1, -0.05) is 24.3 Å². The van der Waals surface area contributed by atoms with E-state index in [1.807, 2.05) is 0 Å². The van der Waals surface area contributed by atoms with Gasteiger partial charge in [-0.2, -0.15) is 0 Å². The third kappa shape index (κ3) is 7.12. The Balaban J connectivity index is 0.00000150. The van der Waals surface area contributed by atoms with Crippen LogP contribution in [0.25, 0.3) is 0 Å². The quantitative estimate of drug-likeness (QED) is 0.327. The second-order valence-electron chi connectivity index (χ2n) is 7.24. The highest BCUT2D eigenvalue weighted by Gasteiger charge is 2.05. The normalized spacial score (nSPS) is 13.9. The number of hydrogen-bond acceptors (Lipinski definition) is 2. The van der Waals surface area contributed by atoms with E-state index in [0.717, 1.165) is 26.2 Å². The Kier molecular flexibility index (Phi) is 9.61. The van der Waals surface area contributed by atoms with Crippen molar-refractivity contribution in [3.8, 4) is 0 Å². The van der Waals surface area contributed by atoms with Crippen molar-refractivity contribution in [2.75, 3.05) is 10.6 Å². The van der Waals surface area contributed by atoms with Gasteiger partial charge in [-0.25, -0.2) is 9.13 Å². The summed E-state index contributed by atoms with van der Waals surface area (Å²) in [5.41, 5.74) is 4.93. The zero-order chi connectivity index (χ0) is 18.3. The maximum atomic E-state index is 3.53. The van der Waals surface area contributed by atoms with Gasteiger partial charge in [0.25, 0.3) is 0 Å². The molecule has 2 N–H and O–H groups in total. The number of pyridine rings is 2. The molecule has 4 aliphatic rings. The highest BCUT2D eigenvalue weighted by atomic mass is 79.9. The maximum Gasteiger partial charge on any atom is 0.170 e. The number of halogens is 2. The molecular formula is C23H28Br2N4. The highest BCUT2D eigenvalue weighted by molar-refractivity contribution is 5.42. The molecule has 0 atom stereocenters. The summed E-state index contributed by atoms with van der Waals surface area (Å²) < 4.78 is 4.55. The molecule has 6 heteroatoms. The van der Waals surface area contributed by atoms with E-state index in [1.165, 1.54) is 41.8 Å². The molecule has 3 aromatic rings. The van der Waals surface area contributed by atoms with Crippen LogP contribution in [-0.2, 0) is 26.2 Å². The van der Waals surface area contributed by atoms with E-state index in [4.69, 9.17) is 0 Å². The lowest BCUT2D eigenvalue weighted by Gasteiger charge is -2.10. The monoisotopic (exact) mass is 518 g/mol. The summed E-state index contributed by atoms with van der Waals surface area (Å²) in [6.45, 7) is 3.83. The van der Waals surface area contributed by atoms with Gasteiger partial charge < -0.3 is 44.6 Å². The zero-order valence-corrected chi connectivity index (χ0v) is 19.7. The van der Waals surface area contributed by atoms with Crippen molar-refractivity contribution in [2.24, 2.45) is 0 Å². The van der Waals surface area contributed by atoms with Gasteiger partial charge in [0.1, 0.15) is 13.1 Å². The molecule has 0 saturated heterocycles. The fourth-order valence-electron chi connectivity index (χ4n) is 3.47. The van der Waals surface area contributed by atoms with E-state index < -0.39 is 0 Å². The van der Waals surface area contributed by atoms with Gasteiger partial charge in [0.2, 0.25) is 0 Å². The van der Waals surface area contributed by atoms with Crippen LogP contribution >= 0.6 is 0 Å². The van der Waals surface area contributed by atoms with Gasteiger partial charge >= 0.3 is 0 Å². The second-order valence-corrected chi connectivity index (χ2v) is 7.24. The molecule has 2 aromatic heterocycles. The minimum absolute atomic E-state index is 0. The lowest BCUT2D eigenvalue weighted by Crippen LogP contribution is -3.00. The summed E-state index contributed by atoms with van der Waals surface area (Å²) in [7, 11) is 0. The summed E-state index contributed by atoms with van der Waals surface area (Å²) in [6, 6.07) is 17.4. The molecule has 154 valence electrons. The summed E-state index contributed by atoms with van der Waals surface area (Å²) in [6.07, 6.45) is 12.4. The molecule has 6 heterocycles. The molecule has 0 saturated carbocycles. The maximum absolute atomic E-state index is 3.53. The van der Waals surface area contributed by atoms with Crippen molar-refractivity contribution in [3.05, 3.63) is 84.4 Å². The molecule has 0 amide bonds. The van der Waals surface area contributed by atoms with Gasteiger partial charge in [-0.3, -0.25) is 0 Å². The molecule has 4 nitrogen and oxygen atoms in total. The molecule has 4 aliphatic heterocycles. The number of hydrogen-bond donors (Lipinski definition) is 2. The number of aromatic nitrogens is 2. The van der Waals surface area contributed by atoms with Crippen molar-refractivity contribution in [1.29, 1.82) is 0 Å². The fourth-order valence-corrected chi connectivity index (χ4v) is 3.47. The predicted octanol–water partition coefficient (Wildman–Crippen LogP) is -2.32. The van der Waals surface area contributed by atoms with Gasteiger partial charge in [-0.05, 0) is 17.5 Å². The van der Waals surface area contributed by atoms with Gasteiger partial charge in [0, 0.05) is 61.6 Å².